The van der Waals surface area contributed by atoms with Crippen LogP contribution in [-0.4, -0.2) is 44.2 Å². The van der Waals surface area contributed by atoms with E-state index in [-0.39, 0.29) is 12.0 Å². The molecule has 1 aromatic heterocycles. The summed E-state index contributed by atoms with van der Waals surface area (Å²) < 4.78 is 5.42. The highest BCUT2D eigenvalue weighted by Crippen LogP contribution is 2.29. The fraction of sp³-hybridized carbons (Fsp3) is 0.583. The minimum atomic E-state index is -0.0658. The molecule has 1 heterocycles. The first-order valence-electron chi connectivity index (χ1n) is 5.88. The number of amides is 1. The van der Waals surface area contributed by atoms with Crippen molar-refractivity contribution in [3.8, 4) is 0 Å². The third kappa shape index (κ3) is 4.19. The molecule has 0 aliphatic carbocycles. The van der Waals surface area contributed by atoms with Crippen LogP contribution in [0.3, 0.4) is 0 Å². The molecule has 0 radical (unpaired) electrons. The average Bonchev–Trinajstić information content (AvgIpc) is 2.64. The first-order chi connectivity index (χ1) is 8.41. The molecule has 1 aromatic rings. The summed E-state index contributed by atoms with van der Waals surface area (Å²) in [6.45, 7) is 5.33. The number of nitrogens with one attached hydrogen (secondary N) is 1. The number of thiophene rings is 1. The first-order valence-corrected chi connectivity index (χ1v) is 6.70. The number of nitrogen functional groups attached to an aromatic ring is 1. The van der Waals surface area contributed by atoms with E-state index in [0.29, 0.717) is 23.7 Å². The largest absolute Gasteiger partial charge is 0.397 e. The van der Waals surface area contributed by atoms with E-state index < -0.39 is 0 Å². The molecule has 0 spiro atoms. The van der Waals surface area contributed by atoms with Gasteiger partial charge in [-0.3, -0.25) is 4.79 Å². The number of hydrogen-bond donors (Lipinski definition) is 2. The smallest absolute Gasteiger partial charge is 0.265 e. The zero-order valence-corrected chi connectivity index (χ0v) is 12.1. The standard InChI is InChI=1S/C12H21N3O2S/c1-8(2)17-6-5-14-10-7-9(13)11(18-10)12(16)15(3)4/h7-8,14H,5-6,13H2,1-4H3. The van der Waals surface area contributed by atoms with Gasteiger partial charge in [0.1, 0.15) is 4.88 Å². The van der Waals surface area contributed by atoms with Crippen molar-refractivity contribution in [3.05, 3.63) is 10.9 Å². The van der Waals surface area contributed by atoms with Crippen LogP contribution >= 0.6 is 11.3 Å². The molecule has 5 nitrogen and oxygen atoms in total. The molecular weight excluding hydrogens is 250 g/mol. The van der Waals surface area contributed by atoms with Crippen LogP contribution < -0.4 is 11.1 Å². The van der Waals surface area contributed by atoms with Crippen molar-refractivity contribution in [2.24, 2.45) is 0 Å². The van der Waals surface area contributed by atoms with Crippen LogP contribution in [-0.2, 0) is 4.74 Å². The van der Waals surface area contributed by atoms with Gasteiger partial charge in [-0.15, -0.1) is 11.3 Å². The van der Waals surface area contributed by atoms with Gasteiger partial charge in [0.05, 0.1) is 23.4 Å². The van der Waals surface area contributed by atoms with E-state index in [4.69, 9.17) is 10.5 Å². The molecule has 3 N–H and O–H groups in total. The van der Waals surface area contributed by atoms with E-state index in [1.165, 1.54) is 16.2 Å². The average molecular weight is 271 g/mol. The van der Waals surface area contributed by atoms with E-state index in [9.17, 15) is 4.79 Å². The Morgan fingerprint density at radius 1 is 1.56 bits per heavy atom. The van der Waals surface area contributed by atoms with Gasteiger partial charge in [0.25, 0.3) is 5.91 Å². The van der Waals surface area contributed by atoms with E-state index >= 15 is 0 Å². The van der Waals surface area contributed by atoms with Gasteiger partial charge in [-0.1, -0.05) is 0 Å². The summed E-state index contributed by atoms with van der Waals surface area (Å²) in [5.74, 6) is -0.0658. The normalized spacial score (nSPS) is 10.7. The van der Waals surface area contributed by atoms with Crippen molar-refractivity contribution in [2.45, 2.75) is 20.0 Å². The SMILES string of the molecule is CC(C)OCCNc1cc(N)c(C(=O)N(C)C)s1. The molecule has 0 bridgehead atoms. The van der Waals surface area contributed by atoms with Crippen LogP contribution in [0.5, 0.6) is 0 Å². The van der Waals surface area contributed by atoms with E-state index in [1.54, 1.807) is 20.2 Å². The van der Waals surface area contributed by atoms with Gasteiger partial charge >= 0.3 is 0 Å². The maximum atomic E-state index is 11.8. The van der Waals surface area contributed by atoms with Crippen LogP contribution in [0.15, 0.2) is 6.07 Å². The molecule has 1 amide bonds. The van der Waals surface area contributed by atoms with Gasteiger partial charge in [0.2, 0.25) is 0 Å². The molecule has 0 atom stereocenters. The van der Waals surface area contributed by atoms with Crippen molar-refractivity contribution in [1.29, 1.82) is 0 Å². The Morgan fingerprint density at radius 2 is 2.22 bits per heavy atom. The molecule has 0 unspecified atom stereocenters. The highest BCUT2D eigenvalue weighted by molar-refractivity contribution is 7.18. The quantitative estimate of drug-likeness (QED) is 0.775. The molecule has 0 saturated carbocycles. The van der Waals surface area contributed by atoms with Crippen molar-refractivity contribution in [2.75, 3.05) is 38.3 Å². The second kappa shape index (κ2) is 6.61. The van der Waals surface area contributed by atoms with E-state index in [1.807, 2.05) is 13.8 Å². The van der Waals surface area contributed by atoms with E-state index in [0.717, 1.165) is 5.00 Å². The van der Waals surface area contributed by atoms with Crippen molar-refractivity contribution in [1.82, 2.24) is 4.90 Å². The molecule has 0 aliphatic rings. The molecule has 0 fully saturated rings. The van der Waals surface area contributed by atoms with E-state index in [2.05, 4.69) is 5.32 Å². The molecule has 6 heteroatoms. The van der Waals surface area contributed by atoms with Crippen LogP contribution in [0.1, 0.15) is 23.5 Å². The summed E-state index contributed by atoms with van der Waals surface area (Å²) >= 11 is 1.37. The number of anilines is 2. The fourth-order valence-electron chi connectivity index (χ4n) is 1.33. The summed E-state index contributed by atoms with van der Waals surface area (Å²) in [5, 5.41) is 4.09. The zero-order valence-electron chi connectivity index (χ0n) is 11.3. The topological polar surface area (TPSA) is 67.6 Å². The molecular formula is C12H21N3O2S. The van der Waals surface area contributed by atoms with Gasteiger partial charge in [0, 0.05) is 20.6 Å². The summed E-state index contributed by atoms with van der Waals surface area (Å²) in [6.07, 6.45) is 0.228. The molecule has 0 aliphatic heterocycles. The number of nitrogens with zero attached hydrogens (tertiary/aromatic N) is 1. The second-order valence-corrected chi connectivity index (χ2v) is 5.49. The lowest BCUT2D eigenvalue weighted by Crippen LogP contribution is -2.21. The van der Waals surface area contributed by atoms with Gasteiger partial charge in [-0.25, -0.2) is 0 Å². The zero-order chi connectivity index (χ0) is 13.7. The molecule has 0 aromatic carbocycles. The third-order valence-electron chi connectivity index (χ3n) is 2.21. The lowest BCUT2D eigenvalue weighted by Gasteiger charge is -2.09. The summed E-state index contributed by atoms with van der Waals surface area (Å²) in [7, 11) is 3.43. The fourth-order valence-corrected chi connectivity index (χ4v) is 2.36. The Hall–Kier alpha value is -1.27. The number of carbonyl (C=O) groups is 1. The van der Waals surface area contributed by atoms with Crippen LogP contribution in [0.2, 0.25) is 0 Å². The third-order valence-corrected chi connectivity index (χ3v) is 3.31. The Labute approximate surface area is 112 Å². The Bertz CT molecular complexity index is 402. The number of rotatable bonds is 6. The van der Waals surface area contributed by atoms with Crippen LogP contribution in [0.4, 0.5) is 10.7 Å². The monoisotopic (exact) mass is 271 g/mol. The number of hydrogen-bond acceptors (Lipinski definition) is 5. The number of ether oxygens (including phenoxy) is 1. The van der Waals surface area contributed by atoms with Crippen LogP contribution in [0, 0.1) is 0 Å². The minimum absolute atomic E-state index is 0.0658. The first kappa shape index (κ1) is 14.8. The maximum Gasteiger partial charge on any atom is 0.265 e. The lowest BCUT2D eigenvalue weighted by atomic mass is 10.3. The molecule has 18 heavy (non-hydrogen) atoms. The number of nitrogens with two attached hydrogens (primary N) is 1. The van der Waals surface area contributed by atoms with Crippen molar-refractivity contribution < 1.29 is 9.53 Å². The lowest BCUT2D eigenvalue weighted by molar-refractivity contribution is 0.0833. The van der Waals surface area contributed by atoms with Gasteiger partial charge in [-0.2, -0.15) is 0 Å². The van der Waals surface area contributed by atoms with Gasteiger partial charge in [-0.05, 0) is 19.9 Å². The molecule has 0 saturated heterocycles. The summed E-state index contributed by atoms with van der Waals surface area (Å²) in [5.41, 5.74) is 6.34. The van der Waals surface area contributed by atoms with Crippen molar-refractivity contribution in [3.63, 3.8) is 0 Å². The Kier molecular flexibility index (Phi) is 5.43. The van der Waals surface area contributed by atoms with Gasteiger partial charge < -0.3 is 20.7 Å². The van der Waals surface area contributed by atoms with Gasteiger partial charge in [0.15, 0.2) is 0 Å². The highest BCUT2D eigenvalue weighted by Gasteiger charge is 2.15. The van der Waals surface area contributed by atoms with Crippen LogP contribution in [0.25, 0.3) is 0 Å². The van der Waals surface area contributed by atoms with Crippen molar-refractivity contribution >= 4 is 27.9 Å². The molecule has 102 valence electrons. The maximum absolute atomic E-state index is 11.8. The predicted octanol–water partition coefficient (Wildman–Crippen LogP) is 1.87. The summed E-state index contributed by atoms with van der Waals surface area (Å²) in [6, 6.07) is 1.79. The molecule has 1 rings (SSSR count). The highest BCUT2D eigenvalue weighted by atomic mass is 32.1. The Balaban J connectivity index is 2.54. The predicted molar refractivity (Wildman–Crippen MR) is 76.3 cm³/mol. The second-order valence-electron chi connectivity index (χ2n) is 4.44. The number of carbonyl (C=O) groups excluding carboxylic acids is 1. The Morgan fingerprint density at radius 3 is 2.78 bits per heavy atom. The minimum Gasteiger partial charge on any atom is -0.397 e. The summed E-state index contributed by atoms with van der Waals surface area (Å²) in [4.78, 5) is 13.9.